The number of dihydropyridines is 1. The molecule has 0 spiro atoms. The fraction of sp³-hybridized carbons (Fsp3) is 0.227. The number of nitriles is 1. The Balaban J connectivity index is 2.32. The van der Waals surface area contributed by atoms with Crippen LogP contribution >= 0.6 is 0 Å². The minimum atomic E-state index is -4.91. The molecule has 1 amide bonds. The molecule has 9 nitrogen and oxygen atoms in total. The van der Waals surface area contributed by atoms with Crippen molar-refractivity contribution in [1.29, 1.82) is 5.26 Å². The van der Waals surface area contributed by atoms with Gasteiger partial charge in [-0.25, -0.2) is 18.5 Å². The predicted octanol–water partition coefficient (Wildman–Crippen LogP) is 2.31. The van der Waals surface area contributed by atoms with Crippen molar-refractivity contribution in [3.63, 3.8) is 0 Å². The SMILES string of the molecule is COc1cc(C#N)ccc1OC1N=CC(C(F)(F)F)=C(C)C1(C(N)=O)c1cccc(S(N)(=O)=O)c1. The van der Waals surface area contributed by atoms with Crippen LogP contribution in [0.25, 0.3) is 0 Å². The van der Waals surface area contributed by atoms with Crippen molar-refractivity contribution in [2.75, 3.05) is 7.11 Å². The number of halogens is 3. The van der Waals surface area contributed by atoms with Crippen molar-refractivity contribution < 1.29 is 35.9 Å². The number of carbonyl (C=O) groups is 1. The minimum absolute atomic E-state index is 0.0409. The van der Waals surface area contributed by atoms with Crippen molar-refractivity contribution in [3.8, 4) is 17.6 Å². The van der Waals surface area contributed by atoms with Crippen LogP contribution in [0.5, 0.6) is 11.5 Å². The fourth-order valence-corrected chi connectivity index (χ4v) is 4.39. The maximum Gasteiger partial charge on any atom is 0.417 e. The number of carbonyl (C=O) groups excluding carboxylic acids is 1. The highest BCUT2D eigenvalue weighted by molar-refractivity contribution is 7.89. The first-order chi connectivity index (χ1) is 16.3. The number of nitrogens with zero attached hydrogens (tertiary/aromatic N) is 2. The van der Waals surface area contributed by atoms with Gasteiger partial charge in [0.1, 0.15) is 0 Å². The standard InChI is InChI=1S/C22H19F3N4O5S/c1-12-16(22(23,24)25)11-29-20(34-17-7-6-13(10-26)8-18(17)33-2)21(12,19(27)30)14-4-3-5-15(9-14)35(28,31)32/h3-9,11,20H,1-2H3,(H2,27,30)(H2,28,31,32). The molecule has 1 aliphatic heterocycles. The molecule has 0 saturated carbocycles. The van der Waals surface area contributed by atoms with Crippen LogP contribution in [-0.4, -0.2) is 40.1 Å². The lowest BCUT2D eigenvalue weighted by Crippen LogP contribution is -2.55. The molecule has 184 valence electrons. The number of hydrogen-bond donors (Lipinski definition) is 2. The number of sulfonamides is 1. The second-order valence-corrected chi connectivity index (χ2v) is 9.07. The molecule has 0 fully saturated rings. The number of allylic oxidation sites excluding steroid dienone is 1. The second kappa shape index (κ2) is 9.05. The van der Waals surface area contributed by atoms with Crippen LogP contribution in [0.3, 0.4) is 0 Å². The third kappa shape index (κ3) is 4.58. The first-order valence-corrected chi connectivity index (χ1v) is 11.3. The summed E-state index contributed by atoms with van der Waals surface area (Å²) in [6.45, 7) is 1.04. The molecule has 0 aliphatic carbocycles. The summed E-state index contributed by atoms with van der Waals surface area (Å²) < 4.78 is 76.4. The number of alkyl halides is 3. The quantitative estimate of drug-likeness (QED) is 0.609. The van der Waals surface area contributed by atoms with Crippen LogP contribution in [-0.2, 0) is 20.2 Å². The molecule has 2 atom stereocenters. The van der Waals surface area contributed by atoms with Crippen molar-refractivity contribution >= 4 is 22.1 Å². The molecule has 2 aromatic rings. The average molecular weight is 508 g/mol. The van der Waals surface area contributed by atoms with Crippen LogP contribution in [0, 0.1) is 11.3 Å². The molecule has 0 saturated heterocycles. The van der Waals surface area contributed by atoms with E-state index in [0.29, 0.717) is 6.21 Å². The maximum absolute atomic E-state index is 13.8. The third-order valence-corrected chi connectivity index (χ3v) is 6.46. The van der Waals surface area contributed by atoms with Gasteiger partial charge < -0.3 is 15.2 Å². The third-order valence-electron chi connectivity index (χ3n) is 5.55. The highest BCUT2D eigenvalue weighted by Crippen LogP contribution is 2.46. The molecule has 2 unspecified atom stereocenters. The number of nitrogens with two attached hydrogens (primary N) is 2. The topological polar surface area (TPSA) is 158 Å². The summed E-state index contributed by atoms with van der Waals surface area (Å²) in [5, 5.41) is 14.3. The molecule has 35 heavy (non-hydrogen) atoms. The van der Waals surface area contributed by atoms with E-state index in [9.17, 15) is 26.4 Å². The number of ether oxygens (including phenoxy) is 2. The molecule has 1 aliphatic rings. The Kier molecular flexibility index (Phi) is 6.65. The number of primary sulfonamides is 1. The summed E-state index contributed by atoms with van der Waals surface area (Å²) in [6, 6.07) is 10.4. The molecule has 2 aromatic carbocycles. The normalized spacial score (nSPS) is 20.3. The van der Waals surface area contributed by atoms with E-state index in [1.807, 2.05) is 6.07 Å². The van der Waals surface area contributed by atoms with Crippen LogP contribution in [0.4, 0.5) is 13.2 Å². The van der Waals surface area contributed by atoms with Gasteiger partial charge in [-0.15, -0.1) is 0 Å². The summed E-state index contributed by atoms with van der Waals surface area (Å²) in [6.07, 6.45) is -6.10. The number of amides is 1. The van der Waals surface area contributed by atoms with E-state index in [1.54, 1.807) is 0 Å². The van der Waals surface area contributed by atoms with Gasteiger partial charge in [-0.1, -0.05) is 12.1 Å². The number of primary amides is 1. The zero-order valence-electron chi connectivity index (χ0n) is 18.3. The Hall–Kier alpha value is -3.89. The lowest BCUT2D eigenvalue weighted by atomic mass is 9.69. The number of aliphatic imine (C=N–C) groups is 1. The zero-order chi connectivity index (χ0) is 26.2. The van der Waals surface area contributed by atoms with Crippen molar-refractivity contribution in [1.82, 2.24) is 0 Å². The molecule has 0 radical (unpaired) electrons. The van der Waals surface area contributed by atoms with Crippen LogP contribution in [0.2, 0.25) is 0 Å². The monoisotopic (exact) mass is 508 g/mol. The Morgan fingerprint density at radius 2 is 1.89 bits per heavy atom. The van der Waals surface area contributed by atoms with Gasteiger partial charge >= 0.3 is 6.18 Å². The van der Waals surface area contributed by atoms with Crippen molar-refractivity contribution in [2.24, 2.45) is 15.9 Å². The summed E-state index contributed by atoms with van der Waals surface area (Å²) in [7, 11) is -3.02. The van der Waals surface area contributed by atoms with Gasteiger partial charge in [0.25, 0.3) is 0 Å². The zero-order valence-corrected chi connectivity index (χ0v) is 19.1. The molecule has 3 rings (SSSR count). The molecule has 0 bridgehead atoms. The molecular weight excluding hydrogens is 489 g/mol. The first kappa shape index (κ1) is 25.7. The highest BCUT2D eigenvalue weighted by Gasteiger charge is 2.55. The van der Waals surface area contributed by atoms with E-state index < -0.39 is 49.8 Å². The smallest absolute Gasteiger partial charge is 0.417 e. The fourth-order valence-electron chi connectivity index (χ4n) is 3.83. The van der Waals surface area contributed by atoms with Crippen molar-refractivity contribution in [3.05, 3.63) is 64.7 Å². The molecule has 1 heterocycles. The number of methoxy groups -OCH3 is 1. The van der Waals surface area contributed by atoms with Gasteiger partial charge in [0.2, 0.25) is 22.2 Å². The van der Waals surface area contributed by atoms with Crippen LogP contribution < -0.4 is 20.3 Å². The van der Waals surface area contributed by atoms with E-state index in [1.165, 1.54) is 37.4 Å². The summed E-state index contributed by atoms with van der Waals surface area (Å²) >= 11 is 0. The van der Waals surface area contributed by atoms with Gasteiger partial charge in [0, 0.05) is 12.3 Å². The Morgan fingerprint density at radius 1 is 1.20 bits per heavy atom. The highest BCUT2D eigenvalue weighted by atomic mass is 32.2. The van der Waals surface area contributed by atoms with E-state index in [-0.39, 0.29) is 22.6 Å². The van der Waals surface area contributed by atoms with Crippen LogP contribution in [0.15, 0.2) is 63.5 Å². The molecule has 0 aromatic heterocycles. The summed E-state index contributed by atoms with van der Waals surface area (Å²) in [5.41, 5.74) is 1.48. The number of hydrogen-bond acceptors (Lipinski definition) is 7. The Labute approximate surface area is 198 Å². The first-order valence-electron chi connectivity index (χ1n) is 9.76. The van der Waals surface area contributed by atoms with E-state index in [0.717, 1.165) is 19.1 Å². The minimum Gasteiger partial charge on any atom is -0.493 e. The van der Waals surface area contributed by atoms with E-state index in [2.05, 4.69) is 4.99 Å². The van der Waals surface area contributed by atoms with Crippen molar-refractivity contribution in [2.45, 2.75) is 29.6 Å². The predicted molar refractivity (Wildman–Crippen MR) is 118 cm³/mol. The van der Waals surface area contributed by atoms with Gasteiger partial charge in [-0.3, -0.25) is 4.79 Å². The lowest BCUT2D eigenvalue weighted by Gasteiger charge is -2.40. The Morgan fingerprint density at radius 3 is 2.43 bits per heavy atom. The van der Waals surface area contributed by atoms with E-state index >= 15 is 0 Å². The maximum atomic E-state index is 13.8. The van der Waals surface area contributed by atoms with Crippen LogP contribution in [0.1, 0.15) is 18.1 Å². The average Bonchev–Trinajstić information content (AvgIpc) is 2.78. The van der Waals surface area contributed by atoms with E-state index in [4.69, 9.17) is 25.6 Å². The summed E-state index contributed by atoms with van der Waals surface area (Å²) in [5.74, 6) is -1.29. The van der Waals surface area contributed by atoms with Gasteiger partial charge in [0.15, 0.2) is 16.9 Å². The lowest BCUT2D eigenvalue weighted by molar-refractivity contribution is -0.125. The number of rotatable bonds is 6. The molecule has 4 N–H and O–H groups in total. The van der Waals surface area contributed by atoms with Gasteiger partial charge in [-0.05, 0) is 42.3 Å². The molecule has 13 heteroatoms. The largest absolute Gasteiger partial charge is 0.493 e. The van der Waals surface area contributed by atoms with Gasteiger partial charge in [-0.2, -0.15) is 18.4 Å². The van der Waals surface area contributed by atoms with Gasteiger partial charge in [0.05, 0.1) is 29.2 Å². The molecular formula is C22H19F3N4O5S. The second-order valence-electron chi connectivity index (χ2n) is 7.51. The Bertz CT molecular complexity index is 1400. The number of benzene rings is 2. The summed E-state index contributed by atoms with van der Waals surface area (Å²) in [4.78, 5) is 16.4.